The second-order valence-electron chi connectivity index (χ2n) is 4.20. The SMILES string of the molecule is CC(Oc1ccc(N=C=O)cc1)Oc1ccc(N=C=O)cc1. The van der Waals surface area contributed by atoms with Crippen LogP contribution in [0.3, 0.4) is 0 Å². The molecule has 0 radical (unpaired) electrons. The van der Waals surface area contributed by atoms with Crippen LogP contribution in [0.1, 0.15) is 6.92 Å². The number of aliphatic imine (C=N–C) groups is 2. The molecule has 0 aliphatic heterocycles. The van der Waals surface area contributed by atoms with Crippen molar-refractivity contribution in [3.63, 3.8) is 0 Å². The van der Waals surface area contributed by atoms with Gasteiger partial charge in [0.1, 0.15) is 11.5 Å². The Labute approximate surface area is 126 Å². The van der Waals surface area contributed by atoms with Crippen molar-refractivity contribution in [2.24, 2.45) is 9.98 Å². The lowest BCUT2D eigenvalue weighted by Gasteiger charge is -2.16. The molecule has 2 aromatic carbocycles. The first kappa shape index (κ1) is 15.2. The largest absolute Gasteiger partial charge is 0.455 e. The Hall–Kier alpha value is -3.20. The van der Waals surface area contributed by atoms with Gasteiger partial charge in [0, 0.05) is 6.92 Å². The highest BCUT2D eigenvalue weighted by Crippen LogP contribution is 2.21. The minimum atomic E-state index is -0.527. The van der Waals surface area contributed by atoms with Gasteiger partial charge in [0.05, 0.1) is 11.4 Å². The van der Waals surface area contributed by atoms with Gasteiger partial charge in [-0.3, -0.25) is 0 Å². The number of hydrogen-bond donors (Lipinski definition) is 0. The minimum absolute atomic E-state index is 0.502. The van der Waals surface area contributed by atoms with Gasteiger partial charge in [0.15, 0.2) is 0 Å². The highest BCUT2D eigenvalue weighted by Gasteiger charge is 2.06. The standard InChI is InChI=1S/C16H12N2O4/c1-12(21-15-6-2-13(3-7-15)17-10-19)22-16-8-4-14(5-9-16)18-11-20/h2-9,12H,1H3. The predicted molar refractivity (Wildman–Crippen MR) is 79.2 cm³/mol. The van der Waals surface area contributed by atoms with Gasteiger partial charge in [-0.25, -0.2) is 9.59 Å². The van der Waals surface area contributed by atoms with E-state index in [0.717, 1.165) is 0 Å². The topological polar surface area (TPSA) is 77.3 Å². The molecule has 0 fully saturated rings. The third-order valence-electron chi connectivity index (χ3n) is 2.63. The van der Waals surface area contributed by atoms with E-state index in [1.807, 2.05) is 0 Å². The third-order valence-corrected chi connectivity index (χ3v) is 2.63. The quantitative estimate of drug-likeness (QED) is 0.465. The Morgan fingerprint density at radius 3 is 1.45 bits per heavy atom. The van der Waals surface area contributed by atoms with Crippen LogP contribution in [0.2, 0.25) is 0 Å². The Bertz CT molecular complexity index is 649. The summed E-state index contributed by atoms with van der Waals surface area (Å²) in [7, 11) is 0. The molecule has 0 saturated carbocycles. The molecule has 0 aliphatic rings. The first-order chi connectivity index (χ1) is 10.7. The van der Waals surface area contributed by atoms with Crippen LogP contribution in [-0.2, 0) is 9.59 Å². The maximum atomic E-state index is 10.1. The summed E-state index contributed by atoms with van der Waals surface area (Å²) in [5.41, 5.74) is 1.00. The van der Waals surface area contributed by atoms with E-state index in [0.29, 0.717) is 22.9 Å². The van der Waals surface area contributed by atoms with Crippen molar-refractivity contribution in [1.29, 1.82) is 0 Å². The number of hydrogen-bond acceptors (Lipinski definition) is 6. The van der Waals surface area contributed by atoms with Crippen molar-refractivity contribution in [2.45, 2.75) is 13.2 Å². The fourth-order valence-electron chi connectivity index (χ4n) is 1.71. The number of ether oxygens (including phenoxy) is 2. The van der Waals surface area contributed by atoms with Crippen molar-refractivity contribution >= 4 is 23.5 Å². The maximum Gasteiger partial charge on any atom is 0.240 e. The maximum absolute atomic E-state index is 10.1. The van der Waals surface area contributed by atoms with E-state index in [9.17, 15) is 9.59 Å². The molecule has 0 heterocycles. The van der Waals surface area contributed by atoms with E-state index in [-0.39, 0.29) is 0 Å². The molecule has 6 heteroatoms. The average Bonchev–Trinajstić information content (AvgIpc) is 2.52. The Morgan fingerprint density at radius 1 is 0.773 bits per heavy atom. The summed E-state index contributed by atoms with van der Waals surface area (Å²) in [5.74, 6) is 1.17. The molecule has 22 heavy (non-hydrogen) atoms. The van der Waals surface area contributed by atoms with Crippen LogP contribution in [-0.4, -0.2) is 18.4 Å². The summed E-state index contributed by atoms with van der Waals surface area (Å²) in [6.45, 7) is 1.75. The predicted octanol–water partition coefficient (Wildman–Crippen LogP) is 3.43. The van der Waals surface area contributed by atoms with Gasteiger partial charge in [-0.15, -0.1) is 0 Å². The molecule has 0 aliphatic carbocycles. The molecular weight excluding hydrogens is 284 g/mol. The van der Waals surface area contributed by atoms with E-state index in [2.05, 4.69) is 9.98 Å². The molecule has 2 aromatic rings. The second kappa shape index (κ2) is 7.55. The minimum Gasteiger partial charge on any atom is -0.455 e. The molecule has 0 unspecified atom stereocenters. The van der Waals surface area contributed by atoms with Crippen LogP contribution >= 0.6 is 0 Å². The van der Waals surface area contributed by atoms with Gasteiger partial charge < -0.3 is 9.47 Å². The number of rotatable bonds is 6. The number of benzene rings is 2. The average molecular weight is 296 g/mol. The van der Waals surface area contributed by atoms with Crippen molar-refractivity contribution < 1.29 is 19.1 Å². The molecule has 110 valence electrons. The van der Waals surface area contributed by atoms with Crippen LogP contribution < -0.4 is 9.47 Å². The van der Waals surface area contributed by atoms with Crippen LogP contribution in [0.15, 0.2) is 58.5 Å². The Kier molecular flexibility index (Phi) is 5.21. The van der Waals surface area contributed by atoms with Gasteiger partial charge in [0.2, 0.25) is 18.4 Å². The van der Waals surface area contributed by atoms with Crippen molar-refractivity contribution in [3.05, 3.63) is 48.5 Å². The zero-order valence-corrected chi connectivity index (χ0v) is 11.7. The third kappa shape index (κ3) is 4.42. The van der Waals surface area contributed by atoms with Gasteiger partial charge >= 0.3 is 0 Å². The molecule has 0 N–H and O–H groups in total. The summed E-state index contributed by atoms with van der Waals surface area (Å²) in [6.07, 6.45) is 2.41. The van der Waals surface area contributed by atoms with Crippen molar-refractivity contribution in [2.75, 3.05) is 0 Å². The van der Waals surface area contributed by atoms with E-state index in [4.69, 9.17) is 9.47 Å². The first-order valence-electron chi connectivity index (χ1n) is 6.40. The molecule has 0 atom stereocenters. The zero-order valence-electron chi connectivity index (χ0n) is 11.7. The highest BCUT2D eigenvalue weighted by molar-refractivity contribution is 5.50. The molecule has 6 nitrogen and oxygen atoms in total. The number of isocyanates is 2. The van der Waals surface area contributed by atoms with E-state index in [1.54, 1.807) is 55.5 Å². The van der Waals surface area contributed by atoms with Gasteiger partial charge in [-0.05, 0) is 48.5 Å². The van der Waals surface area contributed by atoms with Gasteiger partial charge in [0.25, 0.3) is 0 Å². The fraction of sp³-hybridized carbons (Fsp3) is 0.125. The first-order valence-corrected chi connectivity index (χ1v) is 6.40. The molecule has 0 amide bonds. The fourth-order valence-corrected chi connectivity index (χ4v) is 1.71. The van der Waals surface area contributed by atoms with E-state index < -0.39 is 6.29 Å². The summed E-state index contributed by atoms with van der Waals surface area (Å²) in [6, 6.07) is 13.3. The van der Waals surface area contributed by atoms with Crippen molar-refractivity contribution in [1.82, 2.24) is 0 Å². The normalized spacial score (nSPS) is 10.8. The molecule has 2 rings (SSSR count). The molecule has 0 saturated heterocycles. The summed E-state index contributed by atoms with van der Waals surface area (Å²) in [4.78, 5) is 27.2. The summed E-state index contributed by atoms with van der Waals surface area (Å²) < 4.78 is 11.2. The molecule has 0 spiro atoms. The van der Waals surface area contributed by atoms with Crippen LogP contribution in [0, 0.1) is 0 Å². The highest BCUT2D eigenvalue weighted by atomic mass is 16.7. The van der Waals surface area contributed by atoms with Gasteiger partial charge in [-0.2, -0.15) is 9.98 Å². The lowest BCUT2D eigenvalue weighted by atomic mass is 10.3. The number of nitrogens with zero attached hydrogens (tertiary/aromatic N) is 2. The number of carbonyl (C=O) groups excluding carboxylic acids is 2. The molecular formula is C16H12N2O4. The molecule has 0 bridgehead atoms. The van der Waals surface area contributed by atoms with E-state index >= 15 is 0 Å². The second-order valence-corrected chi connectivity index (χ2v) is 4.20. The van der Waals surface area contributed by atoms with E-state index in [1.165, 1.54) is 12.2 Å². The van der Waals surface area contributed by atoms with Crippen LogP contribution in [0.5, 0.6) is 11.5 Å². The lowest BCUT2D eigenvalue weighted by Crippen LogP contribution is -2.19. The zero-order chi connectivity index (χ0) is 15.8. The van der Waals surface area contributed by atoms with Crippen LogP contribution in [0.4, 0.5) is 11.4 Å². The monoisotopic (exact) mass is 296 g/mol. The van der Waals surface area contributed by atoms with Gasteiger partial charge in [-0.1, -0.05) is 0 Å². The smallest absolute Gasteiger partial charge is 0.240 e. The summed E-state index contributed by atoms with van der Waals surface area (Å²) in [5, 5.41) is 0. The molecule has 0 aromatic heterocycles. The van der Waals surface area contributed by atoms with Crippen LogP contribution in [0.25, 0.3) is 0 Å². The van der Waals surface area contributed by atoms with Crippen molar-refractivity contribution in [3.8, 4) is 11.5 Å². The summed E-state index contributed by atoms with van der Waals surface area (Å²) >= 11 is 0. The lowest BCUT2D eigenvalue weighted by molar-refractivity contribution is 0.0223. The Balaban J connectivity index is 1.95. The Morgan fingerprint density at radius 2 is 1.14 bits per heavy atom.